The Morgan fingerprint density at radius 2 is 1.74 bits per heavy atom. The first-order valence-electron chi connectivity index (χ1n) is 10.8. The van der Waals surface area contributed by atoms with E-state index in [9.17, 15) is 0 Å². The Hall–Kier alpha value is -3.68. The molecule has 0 unspecified atom stereocenters. The Bertz CT molecular complexity index is 1190. The first-order chi connectivity index (χ1) is 15.3. The Morgan fingerprint density at radius 3 is 2.52 bits per heavy atom. The number of aromatic nitrogens is 5. The molecular formula is C23H24N8. The van der Waals surface area contributed by atoms with Gasteiger partial charge in [-0.1, -0.05) is 6.07 Å². The predicted molar refractivity (Wildman–Crippen MR) is 122 cm³/mol. The average Bonchev–Trinajstić information content (AvgIpc) is 3.57. The lowest BCUT2D eigenvalue weighted by molar-refractivity contribution is 0.639. The van der Waals surface area contributed by atoms with E-state index in [0.29, 0.717) is 5.92 Å². The average molecular weight is 413 g/mol. The van der Waals surface area contributed by atoms with Gasteiger partial charge in [0.15, 0.2) is 0 Å². The van der Waals surface area contributed by atoms with E-state index in [4.69, 9.17) is 9.97 Å². The minimum atomic E-state index is 0.492. The molecule has 0 amide bonds. The minimum Gasteiger partial charge on any atom is -0.353 e. The number of nitrogens with one attached hydrogen (secondary N) is 2. The zero-order valence-corrected chi connectivity index (χ0v) is 17.2. The van der Waals surface area contributed by atoms with Crippen LogP contribution in [0.25, 0.3) is 10.9 Å². The highest BCUT2D eigenvalue weighted by Gasteiger charge is 2.29. The molecule has 6 rings (SSSR count). The quantitative estimate of drug-likeness (QED) is 0.517. The highest BCUT2D eigenvalue weighted by atomic mass is 15.3. The fourth-order valence-electron chi connectivity index (χ4n) is 4.08. The Kier molecular flexibility index (Phi) is 4.40. The maximum absolute atomic E-state index is 4.93. The summed E-state index contributed by atoms with van der Waals surface area (Å²) in [6.45, 7) is 3.69. The molecule has 1 aromatic carbocycles. The number of hydrogen-bond donors (Lipinski definition) is 2. The van der Waals surface area contributed by atoms with E-state index in [0.717, 1.165) is 66.0 Å². The topological polar surface area (TPSA) is 85.9 Å². The smallest absolute Gasteiger partial charge is 0.136 e. The third-order valence-corrected chi connectivity index (χ3v) is 5.96. The minimum absolute atomic E-state index is 0.492. The molecule has 2 N–H and O–H groups in total. The first kappa shape index (κ1) is 18.1. The van der Waals surface area contributed by atoms with Crippen LogP contribution in [-0.4, -0.2) is 51.3 Å². The van der Waals surface area contributed by atoms with Gasteiger partial charge < -0.3 is 15.1 Å². The van der Waals surface area contributed by atoms with Gasteiger partial charge in [-0.15, -0.1) is 0 Å². The van der Waals surface area contributed by atoms with Gasteiger partial charge in [0.1, 0.15) is 23.3 Å². The lowest BCUT2D eigenvalue weighted by atomic mass is 10.2. The second-order valence-corrected chi connectivity index (χ2v) is 8.20. The molecule has 156 valence electrons. The van der Waals surface area contributed by atoms with Crippen molar-refractivity contribution in [1.82, 2.24) is 25.1 Å². The van der Waals surface area contributed by atoms with Crippen LogP contribution in [0.15, 0.2) is 54.9 Å². The largest absolute Gasteiger partial charge is 0.353 e. The van der Waals surface area contributed by atoms with Crippen molar-refractivity contribution in [3.63, 3.8) is 0 Å². The van der Waals surface area contributed by atoms with Crippen molar-refractivity contribution in [3.8, 4) is 0 Å². The molecule has 1 aliphatic heterocycles. The van der Waals surface area contributed by atoms with Crippen LogP contribution in [0.2, 0.25) is 0 Å². The molecule has 1 saturated heterocycles. The number of anilines is 4. The standard InChI is InChI=1S/C23H24N8/c1-2-8-24-21(3-1)30-9-11-31(12-10-30)22-14-20(27-23(28-22)16-4-5-16)26-18-6-7-19-17(13-18)15-25-29-19/h1-3,6-8,13-16H,4-5,9-12H2,(H,25,29)(H,26,27,28). The van der Waals surface area contributed by atoms with Gasteiger partial charge in [-0.3, -0.25) is 5.10 Å². The molecule has 1 saturated carbocycles. The van der Waals surface area contributed by atoms with E-state index in [-0.39, 0.29) is 0 Å². The summed E-state index contributed by atoms with van der Waals surface area (Å²) in [6.07, 6.45) is 6.05. The number of pyridine rings is 1. The summed E-state index contributed by atoms with van der Waals surface area (Å²) >= 11 is 0. The Morgan fingerprint density at radius 1 is 0.903 bits per heavy atom. The first-order valence-corrected chi connectivity index (χ1v) is 10.8. The summed E-state index contributed by atoms with van der Waals surface area (Å²) in [5.41, 5.74) is 2.03. The van der Waals surface area contributed by atoms with Crippen LogP contribution >= 0.6 is 0 Å². The maximum atomic E-state index is 4.93. The molecule has 31 heavy (non-hydrogen) atoms. The Labute approximate surface area is 180 Å². The molecule has 0 radical (unpaired) electrons. The third-order valence-electron chi connectivity index (χ3n) is 5.96. The third kappa shape index (κ3) is 3.76. The summed E-state index contributed by atoms with van der Waals surface area (Å²) in [6, 6.07) is 14.3. The molecule has 4 aromatic rings. The molecule has 2 fully saturated rings. The van der Waals surface area contributed by atoms with E-state index in [1.165, 1.54) is 12.8 Å². The summed E-state index contributed by atoms with van der Waals surface area (Å²) in [4.78, 5) is 18.9. The van der Waals surface area contributed by atoms with Crippen molar-refractivity contribution in [2.45, 2.75) is 18.8 Å². The fourth-order valence-corrected chi connectivity index (χ4v) is 4.08. The van der Waals surface area contributed by atoms with E-state index < -0.39 is 0 Å². The number of aromatic amines is 1. The molecule has 0 spiro atoms. The highest BCUT2D eigenvalue weighted by molar-refractivity contribution is 5.82. The molecule has 8 heteroatoms. The fraction of sp³-hybridized carbons (Fsp3) is 0.304. The molecular weight excluding hydrogens is 388 g/mol. The van der Waals surface area contributed by atoms with Crippen LogP contribution in [0, 0.1) is 0 Å². The summed E-state index contributed by atoms with van der Waals surface area (Å²) in [5.74, 6) is 4.34. The van der Waals surface area contributed by atoms with Gasteiger partial charge in [0, 0.05) is 55.4 Å². The van der Waals surface area contributed by atoms with E-state index in [1.807, 2.05) is 36.7 Å². The van der Waals surface area contributed by atoms with Gasteiger partial charge >= 0.3 is 0 Å². The van der Waals surface area contributed by atoms with Crippen molar-refractivity contribution >= 4 is 34.0 Å². The van der Waals surface area contributed by atoms with Crippen LogP contribution in [-0.2, 0) is 0 Å². The molecule has 4 heterocycles. The second-order valence-electron chi connectivity index (χ2n) is 8.20. The molecule has 0 bridgehead atoms. The van der Waals surface area contributed by atoms with Crippen LogP contribution in [0.1, 0.15) is 24.6 Å². The van der Waals surface area contributed by atoms with Gasteiger partial charge in [0.05, 0.1) is 11.7 Å². The number of H-pyrrole nitrogens is 1. The van der Waals surface area contributed by atoms with Crippen molar-refractivity contribution in [1.29, 1.82) is 0 Å². The zero-order valence-electron chi connectivity index (χ0n) is 17.2. The van der Waals surface area contributed by atoms with Crippen molar-refractivity contribution in [2.24, 2.45) is 0 Å². The highest BCUT2D eigenvalue weighted by Crippen LogP contribution is 2.39. The molecule has 0 atom stereocenters. The van der Waals surface area contributed by atoms with Crippen LogP contribution in [0.3, 0.4) is 0 Å². The van der Waals surface area contributed by atoms with E-state index in [2.05, 4.69) is 48.5 Å². The molecule has 2 aliphatic rings. The van der Waals surface area contributed by atoms with Gasteiger partial charge in [0.2, 0.25) is 0 Å². The van der Waals surface area contributed by atoms with Gasteiger partial charge in [-0.25, -0.2) is 15.0 Å². The summed E-state index contributed by atoms with van der Waals surface area (Å²) in [7, 11) is 0. The summed E-state index contributed by atoms with van der Waals surface area (Å²) in [5, 5.41) is 11.7. The SMILES string of the molecule is c1ccc(N2CCN(c3cc(Nc4ccc5[nH]ncc5c4)nc(C4CC4)n3)CC2)nc1. The number of hydrogen-bond acceptors (Lipinski definition) is 7. The number of fused-ring (bicyclic) bond motifs is 1. The Balaban J connectivity index is 1.23. The summed E-state index contributed by atoms with van der Waals surface area (Å²) < 4.78 is 0. The number of benzene rings is 1. The van der Waals surface area contributed by atoms with Crippen molar-refractivity contribution in [2.75, 3.05) is 41.3 Å². The number of piperazine rings is 1. The van der Waals surface area contributed by atoms with Crippen LogP contribution in [0.4, 0.5) is 23.1 Å². The zero-order chi connectivity index (χ0) is 20.6. The van der Waals surface area contributed by atoms with Crippen molar-refractivity contribution < 1.29 is 0 Å². The van der Waals surface area contributed by atoms with Crippen LogP contribution in [0.5, 0.6) is 0 Å². The van der Waals surface area contributed by atoms with E-state index >= 15 is 0 Å². The lowest BCUT2D eigenvalue weighted by Gasteiger charge is -2.36. The van der Waals surface area contributed by atoms with Gasteiger partial charge in [0.25, 0.3) is 0 Å². The predicted octanol–water partition coefficient (Wildman–Crippen LogP) is 3.70. The molecule has 3 aromatic heterocycles. The van der Waals surface area contributed by atoms with Gasteiger partial charge in [-0.2, -0.15) is 5.10 Å². The molecule has 1 aliphatic carbocycles. The van der Waals surface area contributed by atoms with Gasteiger partial charge in [-0.05, 0) is 43.2 Å². The normalized spacial score (nSPS) is 16.6. The number of rotatable bonds is 5. The van der Waals surface area contributed by atoms with E-state index in [1.54, 1.807) is 0 Å². The lowest BCUT2D eigenvalue weighted by Crippen LogP contribution is -2.47. The second kappa shape index (κ2) is 7.54. The van der Waals surface area contributed by atoms with Crippen LogP contribution < -0.4 is 15.1 Å². The maximum Gasteiger partial charge on any atom is 0.136 e. The van der Waals surface area contributed by atoms with Crippen molar-refractivity contribution in [3.05, 3.63) is 60.7 Å². The monoisotopic (exact) mass is 412 g/mol. The number of nitrogens with zero attached hydrogens (tertiary/aromatic N) is 6. The molecule has 8 nitrogen and oxygen atoms in total.